The van der Waals surface area contributed by atoms with Crippen LogP contribution in [-0.4, -0.2) is 22.7 Å². The van der Waals surface area contributed by atoms with Gasteiger partial charge in [0.2, 0.25) is 0 Å². The number of benzene rings is 3. The molecule has 0 bridgehead atoms. The van der Waals surface area contributed by atoms with Gasteiger partial charge >= 0.3 is 12.2 Å². The normalized spacial score (nSPS) is 14.3. The van der Waals surface area contributed by atoms with E-state index in [9.17, 15) is 27.5 Å². The first-order valence-corrected chi connectivity index (χ1v) is 12.5. The molecule has 202 valence electrons. The third-order valence-electron chi connectivity index (χ3n) is 6.30. The van der Waals surface area contributed by atoms with E-state index in [1.807, 2.05) is 13.8 Å². The van der Waals surface area contributed by atoms with E-state index < -0.39 is 34.3 Å². The first-order valence-electron chi connectivity index (χ1n) is 11.6. The van der Waals surface area contributed by atoms with E-state index in [0.29, 0.717) is 33.8 Å². The Kier molecular flexibility index (Phi) is 6.45. The molecule has 0 fully saturated rings. The molecular formula is C27H21F5N4O2S. The highest BCUT2D eigenvalue weighted by Crippen LogP contribution is 2.54. The summed E-state index contributed by atoms with van der Waals surface area (Å²) >= 11 is 0.357. The number of alkyl halides is 3. The quantitative estimate of drug-likeness (QED) is 0.222. The van der Waals surface area contributed by atoms with Crippen molar-refractivity contribution in [2.75, 3.05) is 22.1 Å². The van der Waals surface area contributed by atoms with Gasteiger partial charge < -0.3 is 15.3 Å². The average Bonchev–Trinajstić information content (AvgIpc) is 3.43. The number of urea groups is 1. The van der Waals surface area contributed by atoms with Gasteiger partial charge in [-0.3, -0.25) is 5.32 Å². The van der Waals surface area contributed by atoms with Crippen LogP contribution in [0.3, 0.4) is 0 Å². The van der Waals surface area contributed by atoms with Crippen molar-refractivity contribution in [1.82, 2.24) is 4.98 Å². The lowest BCUT2D eigenvalue weighted by Gasteiger charge is -2.25. The van der Waals surface area contributed by atoms with Crippen LogP contribution in [0.5, 0.6) is 5.75 Å². The highest BCUT2D eigenvalue weighted by atomic mass is 32.1. The number of fused-ring (bicyclic) bond motifs is 1. The molecule has 0 saturated carbocycles. The van der Waals surface area contributed by atoms with Gasteiger partial charge in [-0.15, -0.1) is 11.3 Å². The fourth-order valence-corrected chi connectivity index (χ4v) is 5.38. The zero-order valence-electron chi connectivity index (χ0n) is 20.5. The maximum atomic E-state index is 15.3. The van der Waals surface area contributed by atoms with Crippen LogP contribution in [0.2, 0.25) is 0 Å². The van der Waals surface area contributed by atoms with Crippen molar-refractivity contribution in [3.8, 4) is 16.9 Å². The number of para-hydroxylation sites is 2. The van der Waals surface area contributed by atoms with E-state index in [1.54, 1.807) is 29.2 Å². The SMILES string of the molecule is CC1(C)CN(c2ccccc2NC(=O)Nc2csc(C(F)(F)F)n2)c2c(O)cc(F)c(-c3ccc(F)cc3)c21. The van der Waals surface area contributed by atoms with Crippen molar-refractivity contribution in [1.29, 1.82) is 0 Å². The predicted molar refractivity (Wildman–Crippen MR) is 140 cm³/mol. The number of carbonyl (C=O) groups excluding carboxylic acids is 1. The lowest BCUT2D eigenvalue weighted by atomic mass is 9.81. The van der Waals surface area contributed by atoms with Crippen LogP contribution in [0.15, 0.2) is 60.0 Å². The molecule has 5 rings (SSSR count). The number of phenolic OH excluding ortho intramolecular Hbond substituents is 1. The number of amides is 2. The van der Waals surface area contributed by atoms with Gasteiger partial charge in [0.05, 0.1) is 17.1 Å². The minimum Gasteiger partial charge on any atom is -0.506 e. The van der Waals surface area contributed by atoms with Gasteiger partial charge in [-0.25, -0.2) is 18.6 Å². The molecule has 39 heavy (non-hydrogen) atoms. The monoisotopic (exact) mass is 560 g/mol. The maximum absolute atomic E-state index is 15.3. The van der Waals surface area contributed by atoms with Crippen molar-refractivity contribution >= 4 is 40.2 Å². The summed E-state index contributed by atoms with van der Waals surface area (Å²) in [6, 6.07) is 12.2. The molecule has 2 heterocycles. The molecule has 0 unspecified atom stereocenters. The first-order chi connectivity index (χ1) is 18.3. The lowest BCUT2D eigenvalue weighted by Crippen LogP contribution is -2.27. The highest BCUT2D eigenvalue weighted by molar-refractivity contribution is 7.10. The van der Waals surface area contributed by atoms with Crippen LogP contribution in [0.25, 0.3) is 11.1 Å². The van der Waals surface area contributed by atoms with Crippen molar-refractivity contribution in [2.45, 2.75) is 25.4 Å². The summed E-state index contributed by atoms with van der Waals surface area (Å²) in [7, 11) is 0. The Balaban J connectivity index is 1.52. The molecule has 0 atom stereocenters. The second-order valence-electron chi connectivity index (χ2n) is 9.58. The average molecular weight is 561 g/mol. The largest absolute Gasteiger partial charge is 0.506 e. The van der Waals surface area contributed by atoms with Crippen molar-refractivity contribution < 1.29 is 31.9 Å². The predicted octanol–water partition coefficient (Wildman–Crippen LogP) is 7.89. The smallest absolute Gasteiger partial charge is 0.443 e. The van der Waals surface area contributed by atoms with Crippen molar-refractivity contribution in [3.05, 3.63) is 82.2 Å². The molecule has 3 aromatic carbocycles. The Bertz CT molecular complexity index is 1570. The Morgan fingerprint density at radius 2 is 1.77 bits per heavy atom. The maximum Gasteiger partial charge on any atom is 0.443 e. The summed E-state index contributed by atoms with van der Waals surface area (Å²) in [5.74, 6) is -1.71. The molecule has 3 N–H and O–H groups in total. The second-order valence-corrected chi connectivity index (χ2v) is 10.4. The van der Waals surface area contributed by atoms with Crippen LogP contribution in [0, 0.1) is 11.6 Å². The molecule has 12 heteroatoms. The Hall–Kier alpha value is -4.19. The van der Waals surface area contributed by atoms with E-state index in [4.69, 9.17) is 0 Å². The standard InChI is InChI=1S/C27H21F5N4O2S/c1-26(2)13-36(23-19(37)11-16(29)21(22(23)26)14-7-9-15(28)10-8-14)18-6-4-3-5-17(18)33-25(38)35-20-12-39-24(34-20)27(30,31)32/h3-12,37H,13H2,1-2H3,(H2,33,35,38). The van der Waals surface area contributed by atoms with Gasteiger partial charge in [-0.1, -0.05) is 38.1 Å². The summed E-state index contributed by atoms with van der Waals surface area (Å²) < 4.78 is 67.4. The van der Waals surface area contributed by atoms with Gasteiger partial charge in [0.15, 0.2) is 5.01 Å². The summed E-state index contributed by atoms with van der Waals surface area (Å²) in [6.45, 7) is 4.04. The molecular weight excluding hydrogens is 539 g/mol. The van der Waals surface area contributed by atoms with E-state index in [0.717, 1.165) is 11.4 Å². The van der Waals surface area contributed by atoms with Crippen LogP contribution in [0.4, 0.5) is 49.6 Å². The number of anilines is 4. The molecule has 0 saturated heterocycles. The third kappa shape index (κ3) is 4.99. The van der Waals surface area contributed by atoms with E-state index in [1.165, 1.54) is 24.3 Å². The number of carbonyl (C=O) groups is 1. The van der Waals surface area contributed by atoms with Crippen molar-refractivity contribution in [3.63, 3.8) is 0 Å². The number of aromatic nitrogens is 1. The van der Waals surface area contributed by atoms with Crippen molar-refractivity contribution in [2.24, 2.45) is 0 Å². The summed E-state index contributed by atoms with van der Waals surface area (Å²) in [5, 5.41) is 15.8. The third-order valence-corrected chi connectivity index (χ3v) is 7.18. The van der Waals surface area contributed by atoms with Gasteiger partial charge in [0.25, 0.3) is 0 Å². The first kappa shape index (κ1) is 26.4. The molecule has 1 aromatic heterocycles. The van der Waals surface area contributed by atoms with E-state index >= 15 is 4.39 Å². The number of halogens is 5. The molecule has 6 nitrogen and oxygen atoms in total. The number of hydrogen-bond donors (Lipinski definition) is 3. The fourth-order valence-electron chi connectivity index (χ4n) is 4.76. The topological polar surface area (TPSA) is 77.5 Å². The fraction of sp³-hybridized carbons (Fsp3) is 0.185. The Morgan fingerprint density at radius 1 is 1.08 bits per heavy atom. The van der Waals surface area contributed by atoms with Gasteiger partial charge in [0, 0.05) is 29.0 Å². The highest BCUT2D eigenvalue weighted by Gasteiger charge is 2.42. The minimum atomic E-state index is -4.63. The zero-order chi connectivity index (χ0) is 28.1. The second kappa shape index (κ2) is 9.53. The summed E-state index contributed by atoms with van der Waals surface area (Å²) in [5.41, 5.74) is 1.55. The van der Waals surface area contributed by atoms with E-state index in [2.05, 4.69) is 15.6 Å². The number of phenols is 1. The molecule has 4 aromatic rings. The van der Waals surface area contributed by atoms with Crippen LogP contribution in [-0.2, 0) is 11.6 Å². The zero-order valence-corrected chi connectivity index (χ0v) is 21.3. The number of aromatic hydroxyl groups is 1. The van der Waals surface area contributed by atoms with Crippen LogP contribution >= 0.6 is 11.3 Å². The number of rotatable bonds is 4. The lowest BCUT2D eigenvalue weighted by molar-refractivity contribution is -0.137. The molecule has 1 aliphatic heterocycles. The van der Waals surface area contributed by atoms with Crippen LogP contribution in [0.1, 0.15) is 24.4 Å². The Labute approximate surface area is 223 Å². The van der Waals surface area contributed by atoms with Gasteiger partial charge in [0.1, 0.15) is 23.2 Å². The van der Waals surface area contributed by atoms with Gasteiger partial charge in [-0.05, 0) is 35.4 Å². The number of thiazole rings is 1. The van der Waals surface area contributed by atoms with Gasteiger partial charge in [-0.2, -0.15) is 13.2 Å². The molecule has 1 aliphatic rings. The molecule has 0 radical (unpaired) electrons. The van der Waals surface area contributed by atoms with E-state index in [-0.39, 0.29) is 29.4 Å². The number of nitrogens with one attached hydrogen (secondary N) is 2. The minimum absolute atomic E-state index is 0.225. The summed E-state index contributed by atoms with van der Waals surface area (Å²) in [6.07, 6.45) is -4.63. The Morgan fingerprint density at radius 3 is 2.44 bits per heavy atom. The number of hydrogen-bond acceptors (Lipinski definition) is 5. The molecule has 0 aliphatic carbocycles. The molecule has 0 spiro atoms. The number of nitrogens with zero attached hydrogens (tertiary/aromatic N) is 2. The molecule has 2 amide bonds. The van der Waals surface area contributed by atoms with Crippen LogP contribution < -0.4 is 15.5 Å². The summed E-state index contributed by atoms with van der Waals surface area (Å²) in [4.78, 5) is 17.8.